The Kier molecular flexibility index (Phi) is 5.67. The predicted octanol–water partition coefficient (Wildman–Crippen LogP) is 3.31. The van der Waals surface area contributed by atoms with E-state index < -0.39 is 24.1 Å². The SMILES string of the molecule is Cc1cc(-c2noc(C(F)(F)F)n2)ccc1NC(=O)OCc1ccc(C(N)=O)nc1. The van der Waals surface area contributed by atoms with Crippen LogP contribution in [0.5, 0.6) is 0 Å². The maximum atomic E-state index is 12.6. The molecule has 0 fully saturated rings. The van der Waals surface area contributed by atoms with E-state index in [1.165, 1.54) is 30.5 Å². The molecule has 9 nitrogen and oxygen atoms in total. The minimum atomic E-state index is -4.73. The molecule has 1 aromatic carbocycles. The number of hydrogen-bond donors (Lipinski definition) is 2. The van der Waals surface area contributed by atoms with Crippen molar-refractivity contribution in [3.05, 3.63) is 59.2 Å². The van der Waals surface area contributed by atoms with Gasteiger partial charge in [-0.15, -0.1) is 0 Å². The minimum absolute atomic E-state index is 0.0860. The van der Waals surface area contributed by atoms with E-state index in [0.29, 0.717) is 16.8 Å². The quantitative estimate of drug-likeness (QED) is 0.646. The van der Waals surface area contributed by atoms with E-state index in [4.69, 9.17) is 10.5 Å². The number of alkyl halides is 3. The number of rotatable bonds is 5. The number of halogens is 3. The molecule has 3 rings (SSSR count). The van der Waals surface area contributed by atoms with Crippen LogP contribution in [0.3, 0.4) is 0 Å². The number of aromatic nitrogens is 3. The Morgan fingerprint density at radius 3 is 2.57 bits per heavy atom. The van der Waals surface area contributed by atoms with Crippen molar-refractivity contribution in [2.45, 2.75) is 19.7 Å². The Balaban J connectivity index is 1.62. The van der Waals surface area contributed by atoms with Crippen molar-refractivity contribution in [1.29, 1.82) is 0 Å². The van der Waals surface area contributed by atoms with Crippen LogP contribution in [-0.2, 0) is 17.5 Å². The Hall–Kier alpha value is -3.96. The summed E-state index contributed by atoms with van der Waals surface area (Å²) in [6, 6.07) is 7.34. The fourth-order valence-corrected chi connectivity index (χ4v) is 2.35. The van der Waals surface area contributed by atoms with Gasteiger partial charge in [-0.3, -0.25) is 15.1 Å². The van der Waals surface area contributed by atoms with Gasteiger partial charge in [-0.05, 0) is 36.8 Å². The molecule has 0 unspecified atom stereocenters. The lowest BCUT2D eigenvalue weighted by atomic mass is 10.1. The average molecular weight is 421 g/mol. The van der Waals surface area contributed by atoms with Crippen LogP contribution in [0, 0.1) is 6.92 Å². The lowest BCUT2D eigenvalue weighted by molar-refractivity contribution is -0.159. The van der Waals surface area contributed by atoms with Crippen LogP contribution in [-0.4, -0.2) is 27.1 Å². The molecule has 30 heavy (non-hydrogen) atoms. The molecule has 12 heteroatoms. The van der Waals surface area contributed by atoms with Crippen LogP contribution < -0.4 is 11.1 Å². The lowest BCUT2D eigenvalue weighted by Gasteiger charge is -2.10. The Morgan fingerprint density at radius 1 is 1.23 bits per heavy atom. The highest BCUT2D eigenvalue weighted by atomic mass is 19.4. The summed E-state index contributed by atoms with van der Waals surface area (Å²) in [5, 5.41) is 5.83. The van der Waals surface area contributed by atoms with E-state index in [0.717, 1.165) is 0 Å². The van der Waals surface area contributed by atoms with Crippen LogP contribution in [0.15, 0.2) is 41.1 Å². The number of aryl methyl sites for hydroxylation is 1. The van der Waals surface area contributed by atoms with Crippen LogP contribution in [0.1, 0.15) is 27.5 Å². The third kappa shape index (κ3) is 4.90. The molecule has 2 amide bonds. The first-order valence-electron chi connectivity index (χ1n) is 8.34. The monoisotopic (exact) mass is 421 g/mol. The summed E-state index contributed by atoms with van der Waals surface area (Å²) in [4.78, 5) is 30.1. The van der Waals surface area contributed by atoms with Gasteiger partial charge in [0.15, 0.2) is 0 Å². The Morgan fingerprint density at radius 2 is 2.00 bits per heavy atom. The normalized spacial score (nSPS) is 11.2. The van der Waals surface area contributed by atoms with Crippen molar-refractivity contribution in [3.63, 3.8) is 0 Å². The fourth-order valence-electron chi connectivity index (χ4n) is 2.35. The van der Waals surface area contributed by atoms with Gasteiger partial charge in [0.1, 0.15) is 12.3 Å². The fraction of sp³-hybridized carbons (Fsp3) is 0.167. The molecule has 0 radical (unpaired) electrons. The first-order valence-corrected chi connectivity index (χ1v) is 8.34. The van der Waals surface area contributed by atoms with Gasteiger partial charge in [0.25, 0.3) is 5.91 Å². The summed E-state index contributed by atoms with van der Waals surface area (Å²) < 4.78 is 47.0. The zero-order valence-corrected chi connectivity index (χ0v) is 15.4. The number of benzene rings is 1. The molecule has 0 bridgehead atoms. The molecule has 0 spiro atoms. The molecular formula is C18H14F3N5O4. The molecule has 0 aliphatic rings. The van der Waals surface area contributed by atoms with E-state index in [1.807, 2.05) is 0 Å². The smallest absolute Gasteiger partial charge is 0.444 e. The van der Waals surface area contributed by atoms with Gasteiger partial charge >= 0.3 is 18.2 Å². The number of pyridine rings is 1. The van der Waals surface area contributed by atoms with Crippen LogP contribution in [0.25, 0.3) is 11.4 Å². The molecule has 3 N–H and O–H groups in total. The lowest BCUT2D eigenvalue weighted by Crippen LogP contribution is -2.15. The largest absolute Gasteiger partial charge is 0.471 e. The van der Waals surface area contributed by atoms with Crippen molar-refractivity contribution < 1.29 is 32.0 Å². The maximum Gasteiger partial charge on any atom is 0.471 e. The number of nitrogens with zero attached hydrogens (tertiary/aromatic N) is 3. The molecular weight excluding hydrogens is 407 g/mol. The van der Waals surface area contributed by atoms with E-state index in [2.05, 4.69) is 25.0 Å². The zero-order chi connectivity index (χ0) is 21.9. The highest BCUT2D eigenvalue weighted by molar-refractivity contribution is 5.90. The number of hydrogen-bond acceptors (Lipinski definition) is 7. The molecule has 0 atom stereocenters. The number of carbonyl (C=O) groups is 2. The van der Waals surface area contributed by atoms with Gasteiger partial charge in [0.2, 0.25) is 5.82 Å². The van der Waals surface area contributed by atoms with E-state index >= 15 is 0 Å². The summed E-state index contributed by atoms with van der Waals surface area (Å²) >= 11 is 0. The number of ether oxygens (including phenoxy) is 1. The number of nitrogens with one attached hydrogen (secondary N) is 1. The number of nitrogens with two attached hydrogens (primary N) is 1. The van der Waals surface area contributed by atoms with E-state index in [9.17, 15) is 22.8 Å². The zero-order valence-electron chi connectivity index (χ0n) is 15.4. The summed E-state index contributed by atoms with van der Waals surface area (Å²) in [7, 11) is 0. The van der Waals surface area contributed by atoms with Crippen molar-refractivity contribution in [3.8, 4) is 11.4 Å². The maximum absolute atomic E-state index is 12.6. The van der Waals surface area contributed by atoms with Crippen molar-refractivity contribution >= 4 is 17.7 Å². The number of carbonyl (C=O) groups excluding carboxylic acids is 2. The second-order valence-corrected chi connectivity index (χ2v) is 6.07. The van der Waals surface area contributed by atoms with Gasteiger partial charge in [0, 0.05) is 23.0 Å². The molecule has 0 saturated heterocycles. The van der Waals surface area contributed by atoms with Crippen LogP contribution >= 0.6 is 0 Å². The van der Waals surface area contributed by atoms with Gasteiger partial charge in [-0.1, -0.05) is 11.2 Å². The summed E-state index contributed by atoms with van der Waals surface area (Å²) in [6.45, 7) is 1.54. The molecule has 156 valence electrons. The first-order chi connectivity index (χ1) is 14.1. The first kappa shape index (κ1) is 20.8. The predicted molar refractivity (Wildman–Crippen MR) is 96.0 cm³/mol. The standard InChI is InChI=1S/C18H14F3N5O4/c1-9-6-11(15-25-16(30-26-15)18(19,20)21)3-5-12(9)24-17(28)29-8-10-2-4-13(14(22)27)23-7-10/h2-7H,8H2,1H3,(H2,22,27)(H,24,28). The number of primary amides is 1. The minimum Gasteiger partial charge on any atom is -0.444 e. The highest BCUT2D eigenvalue weighted by Crippen LogP contribution is 2.30. The van der Waals surface area contributed by atoms with E-state index in [-0.39, 0.29) is 23.7 Å². The van der Waals surface area contributed by atoms with Gasteiger partial charge < -0.3 is 15.0 Å². The third-order valence-corrected chi connectivity index (χ3v) is 3.84. The van der Waals surface area contributed by atoms with Crippen molar-refractivity contribution in [2.24, 2.45) is 5.73 Å². The Bertz CT molecular complexity index is 1080. The number of anilines is 1. The molecule has 3 aromatic rings. The van der Waals surface area contributed by atoms with Crippen LogP contribution in [0.4, 0.5) is 23.7 Å². The third-order valence-electron chi connectivity index (χ3n) is 3.84. The summed E-state index contributed by atoms with van der Waals surface area (Å²) in [5.74, 6) is -2.35. The van der Waals surface area contributed by atoms with Gasteiger partial charge in [-0.25, -0.2) is 4.79 Å². The molecule has 2 heterocycles. The Labute approximate surface area is 167 Å². The van der Waals surface area contributed by atoms with Gasteiger partial charge in [0.05, 0.1) is 0 Å². The molecule has 2 aromatic heterocycles. The highest BCUT2D eigenvalue weighted by Gasteiger charge is 2.38. The summed E-state index contributed by atoms with van der Waals surface area (Å²) in [6.07, 6.45) is -4.14. The van der Waals surface area contributed by atoms with Gasteiger partial charge in [-0.2, -0.15) is 18.2 Å². The second-order valence-electron chi connectivity index (χ2n) is 6.07. The van der Waals surface area contributed by atoms with E-state index in [1.54, 1.807) is 13.0 Å². The van der Waals surface area contributed by atoms with Crippen molar-refractivity contribution in [1.82, 2.24) is 15.1 Å². The molecule has 0 aliphatic carbocycles. The average Bonchev–Trinajstić information content (AvgIpc) is 3.19. The molecule has 0 saturated carbocycles. The summed E-state index contributed by atoms with van der Waals surface area (Å²) in [5.41, 5.74) is 6.92. The van der Waals surface area contributed by atoms with Crippen molar-refractivity contribution in [2.75, 3.05) is 5.32 Å². The second kappa shape index (κ2) is 8.19. The topological polar surface area (TPSA) is 133 Å². The van der Waals surface area contributed by atoms with Crippen LogP contribution in [0.2, 0.25) is 0 Å². The molecule has 0 aliphatic heterocycles. The number of amides is 2.